The Kier molecular flexibility index (Phi) is 4.79. The molecule has 0 aromatic heterocycles. The van der Waals surface area contributed by atoms with Crippen molar-refractivity contribution in [3.05, 3.63) is 59.7 Å². The monoisotopic (exact) mass is 337 g/mol. The number of anilines is 2. The standard InChI is InChI=1S/C19H19N3O3/c1-2-12-7-3-5-9-14(12)20-17(23)11-16-19(25)21-15-10-6-4-8-13(15)18(24)22-16/h3-10,16H,2,11H2,1H3,(H,20,23)(H,21,25)(H,22,24)/t16-/m0/s1. The molecular weight excluding hydrogens is 318 g/mol. The van der Waals surface area contributed by atoms with E-state index in [9.17, 15) is 14.4 Å². The predicted molar refractivity (Wildman–Crippen MR) is 95.4 cm³/mol. The molecule has 0 aliphatic carbocycles. The van der Waals surface area contributed by atoms with E-state index in [0.717, 1.165) is 17.7 Å². The number of rotatable bonds is 4. The third-order valence-corrected chi connectivity index (χ3v) is 4.11. The highest BCUT2D eigenvalue weighted by atomic mass is 16.2. The lowest BCUT2D eigenvalue weighted by atomic mass is 10.1. The number of aryl methyl sites for hydroxylation is 1. The zero-order chi connectivity index (χ0) is 17.8. The molecule has 2 aromatic carbocycles. The van der Waals surface area contributed by atoms with Crippen LogP contribution in [0.15, 0.2) is 48.5 Å². The summed E-state index contributed by atoms with van der Waals surface area (Å²) in [5.74, 6) is -1.11. The van der Waals surface area contributed by atoms with E-state index >= 15 is 0 Å². The van der Waals surface area contributed by atoms with E-state index in [4.69, 9.17) is 0 Å². The van der Waals surface area contributed by atoms with Crippen LogP contribution < -0.4 is 16.0 Å². The second-order valence-electron chi connectivity index (χ2n) is 5.82. The van der Waals surface area contributed by atoms with Gasteiger partial charge >= 0.3 is 0 Å². The lowest BCUT2D eigenvalue weighted by molar-refractivity contribution is -0.122. The molecule has 1 atom stereocenters. The van der Waals surface area contributed by atoms with Crippen molar-refractivity contribution in [3.8, 4) is 0 Å². The van der Waals surface area contributed by atoms with Crippen LogP contribution in [0.4, 0.5) is 11.4 Å². The molecule has 0 spiro atoms. The lowest BCUT2D eigenvalue weighted by Gasteiger charge is -2.15. The maximum atomic E-state index is 12.3. The minimum Gasteiger partial charge on any atom is -0.340 e. The second-order valence-corrected chi connectivity index (χ2v) is 5.82. The number of benzene rings is 2. The molecule has 1 aliphatic heterocycles. The van der Waals surface area contributed by atoms with E-state index < -0.39 is 11.9 Å². The molecule has 0 radical (unpaired) electrons. The highest BCUT2D eigenvalue weighted by molar-refractivity contribution is 6.11. The molecule has 6 nitrogen and oxygen atoms in total. The second kappa shape index (κ2) is 7.17. The average Bonchev–Trinajstić information content (AvgIpc) is 2.72. The summed E-state index contributed by atoms with van der Waals surface area (Å²) in [6, 6.07) is 13.3. The third kappa shape index (κ3) is 3.68. The van der Waals surface area contributed by atoms with Gasteiger partial charge in [-0.05, 0) is 30.2 Å². The predicted octanol–water partition coefficient (Wildman–Crippen LogP) is 2.33. The van der Waals surface area contributed by atoms with Gasteiger partial charge in [-0.2, -0.15) is 0 Å². The van der Waals surface area contributed by atoms with Gasteiger partial charge in [-0.1, -0.05) is 37.3 Å². The minimum absolute atomic E-state index is 0.135. The zero-order valence-corrected chi connectivity index (χ0v) is 13.8. The first kappa shape index (κ1) is 16.7. The number of hydrogen-bond donors (Lipinski definition) is 3. The van der Waals surface area contributed by atoms with Crippen molar-refractivity contribution in [2.75, 3.05) is 10.6 Å². The van der Waals surface area contributed by atoms with Crippen LogP contribution in [0.5, 0.6) is 0 Å². The van der Waals surface area contributed by atoms with Crippen molar-refractivity contribution >= 4 is 29.1 Å². The molecule has 1 heterocycles. The van der Waals surface area contributed by atoms with E-state index in [1.807, 2.05) is 31.2 Å². The number of fused-ring (bicyclic) bond motifs is 1. The third-order valence-electron chi connectivity index (χ3n) is 4.11. The van der Waals surface area contributed by atoms with E-state index in [2.05, 4.69) is 16.0 Å². The Bertz CT molecular complexity index is 832. The first-order valence-corrected chi connectivity index (χ1v) is 8.17. The molecule has 128 valence electrons. The highest BCUT2D eigenvalue weighted by Gasteiger charge is 2.29. The summed E-state index contributed by atoms with van der Waals surface area (Å²) in [7, 11) is 0. The maximum absolute atomic E-state index is 12.3. The summed E-state index contributed by atoms with van der Waals surface area (Å²) in [5, 5.41) is 8.13. The fraction of sp³-hybridized carbons (Fsp3) is 0.211. The molecule has 0 unspecified atom stereocenters. The van der Waals surface area contributed by atoms with Gasteiger partial charge in [-0.3, -0.25) is 14.4 Å². The van der Waals surface area contributed by atoms with Gasteiger partial charge in [-0.15, -0.1) is 0 Å². The van der Waals surface area contributed by atoms with Crippen molar-refractivity contribution in [3.63, 3.8) is 0 Å². The summed E-state index contributed by atoms with van der Waals surface area (Å²) in [4.78, 5) is 36.9. The van der Waals surface area contributed by atoms with Crippen LogP contribution in [0, 0.1) is 0 Å². The van der Waals surface area contributed by atoms with Gasteiger partial charge in [0, 0.05) is 5.69 Å². The Labute approximate surface area is 145 Å². The fourth-order valence-corrected chi connectivity index (χ4v) is 2.79. The quantitative estimate of drug-likeness (QED) is 0.800. The summed E-state index contributed by atoms with van der Waals surface area (Å²) < 4.78 is 0. The van der Waals surface area contributed by atoms with Crippen molar-refractivity contribution in [1.82, 2.24) is 5.32 Å². The van der Waals surface area contributed by atoms with Crippen LogP contribution in [0.25, 0.3) is 0 Å². The number of hydrogen-bond acceptors (Lipinski definition) is 3. The molecule has 2 aromatic rings. The summed E-state index contributed by atoms with van der Waals surface area (Å²) in [5.41, 5.74) is 2.57. The Morgan fingerprint density at radius 1 is 1.08 bits per heavy atom. The molecule has 0 saturated carbocycles. The van der Waals surface area contributed by atoms with Crippen molar-refractivity contribution in [2.24, 2.45) is 0 Å². The smallest absolute Gasteiger partial charge is 0.254 e. The normalized spacial score (nSPS) is 16.3. The maximum Gasteiger partial charge on any atom is 0.254 e. The van der Waals surface area contributed by atoms with Crippen LogP contribution in [0.3, 0.4) is 0 Å². The molecule has 3 N–H and O–H groups in total. The van der Waals surface area contributed by atoms with Crippen molar-refractivity contribution < 1.29 is 14.4 Å². The largest absolute Gasteiger partial charge is 0.340 e. The van der Waals surface area contributed by atoms with Crippen molar-refractivity contribution in [1.29, 1.82) is 0 Å². The molecule has 0 bridgehead atoms. The van der Waals surface area contributed by atoms with Crippen LogP contribution in [0.1, 0.15) is 29.3 Å². The van der Waals surface area contributed by atoms with Crippen molar-refractivity contribution in [2.45, 2.75) is 25.8 Å². The molecular formula is C19H19N3O3. The Hall–Kier alpha value is -3.15. The summed E-state index contributed by atoms with van der Waals surface area (Å²) in [6.07, 6.45) is 0.649. The van der Waals surface area contributed by atoms with Crippen LogP contribution >= 0.6 is 0 Å². The number of para-hydroxylation sites is 2. The number of carbonyl (C=O) groups is 3. The molecule has 0 fully saturated rings. The number of nitrogens with one attached hydrogen (secondary N) is 3. The van der Waals surface area contributed by atoms with E-state index in [-0.39, 0.29) is 18.2 Å². The molecule has 1 aliphatic rings. The van der Waals surface area contributed by atoms with Crippen LogP contribution in [0.2, 0.25) is 0 Å². The first-order valence-electron chi connectivity index (χ1n) is 8.17. The van der Waals surface area contributed by atoms with Crippen LogP contribution in [-0.4, -0.2) is 23.8 Å². The van der Waals surface area contributed by atoms with Crippen LogP contribution in [-0.2, 0) is 16.0 Å². The Morgan fingerprint density at radius 2 is 1.80 bits per heavy atom. The molecule has 3 rings (SSSR count). The topological polar surface area (TPSA) is 87.3 Å². The molecule has 6 heteroatoms. The molecule has 25 heavy (non-hydrogen) atoms. The Morgan fingerprint density at radius 3 is 2.60 bits per heavy atom. The zero-order valence-electron chi connectivity index (χ0n) is 13.8. The minimum atomic E-state index is -0.923. The SMILES string of the molecule is CCc1ccccc1NC(=O)C[C@@H]1NC(=O)c2ccccc2NC1=O. The number of carbonyl (C=O) groups excluding carboxylic acids is 3. The molecule has 3 amide bonds. The van der Waals surface area contributed by atoms with Gasteiger partial charge in [0.25, 0.3) is 5.91 Å². The van der Waals surface area contributed by atoms with Gasteiger partial charge in [0.2, 0.25) is 11.8 Å². The summed E-state index contributed by atoms with van der Waals surface area (Å²) in [6.45, 7) is 2.00. The number of amides is 3. The highest BCUT2D eigenvalue weighted by Crippen LogP contribution is 2.20. The Balaban J connectivity index is 1.71. The average molecular weight is 337 g/mol. The van der Waals surface area contributed by atoms with Gasteiger partial charge in [0.1, 0.15) is 6.04 Å². The first-order chi connectivity index (χ1) is 12.1. The summed E-state index contributed by atoms with van der Waals surface area (Å²) >= 11 is 0. The van der Waals surface area contributed by atoms with E-state index in [1.54, 1.807) is 24.3 Å². The lowest BCUT2D eigenvalue weighted by Crippen LogP contribution is -2.43. The fourth-order valence-electron chi connectivity index (χ4n) is 2.79. The van der Waals surface area contributed by atoms with E-state index in [0.29, 0.717) is 11.3 Å². The van der Waals surface area contributed by atoms with Gasteiger partial charge < -0.3 is 16.0 Å². The van der Waals surface area contributed by atoms with Gasteiger partial charge in [0.15, 0.2) is 0 Å². The molecule has 0 saturated heterocycles. The van der Waals surface area contributed by atoms with E-state index in [1.165, 1.54) is 0 Å². The van der Waals surface area contributed by atoms with Gasteiger partial charge in [-0.25, -0.2) is 0 Å². The van der Waals surface area contributed by atoms with Gasteiger partial charge in [0.05, 0.1) is 17.7 Å².